The minimum atomic E-state index is -0.0347. The van der Waals surface area contributed by atoms with Crippen LogP contribution in [-0.4, -0.2) is 19.0 Å². The van der Waals surface area contributed by atoms with Crippen molar-refractivity contribution in [2.75, 3.05) is 12.3 Å². The van der Waals surface area contributed by atoms with Crippen LogP contribution in [0.3, 0.4) is 0 Å². The van der Waals surface area contributed by atoms with Crippen LogP contribution in [-0.2, 0) is 0 Å². The van der Waals surface area contributed by atoms with Crippen LogP contribution in [0.15, 0.2) is 35.8 Å². The summed E-state index contributed by atoms with van der Waals surface area (Å²) in [6.45, 7) is 12.6. The fourth-order valence-corrected chi connectivity index (χ4v) is 6.28. The van der Waals surface area contributed by atoms with Crippen molar-refractivity contribution in [3.63, 3.8) is 0 Å². The highest BCUT2D eigenvalue weighted by Crippen LogP contribution is 2.53. The highest BCUT2D eigenvalue weighted by Gasteiger charge is 2.25. The molecule has 0 bridgehead atoms. The number of unbranched alkanes of at least 4 members (excludes halogenated alkanes) is 3. The molecule has 1 aromatic rings. The average molecular weight is 372 g/mol. The van der Waals surface area contributed by atoms with Gasteiger partial charge in [-0.05, 0) is 29.6 Å². The molecule has 0 aliphatic rings. The Morgan fingerprint density at radius 2 is 1.31 bits per heavy atom. The van der Waals surface area contributed by atoms with E-state index in [2.05, 4.69) is 65.0 Å². The van der Waals surface area contributed by atoms with Crippen molar-refractivity contribution in [3.8, 4) is 0 Å². The first-order valence-corrected chi connectivity index (χ1v) is 13.0. The maximum absolute atomic E-state index is 2.41. The number of hydrogen-bond acceptors (Lipinski definition) is 0. The van der Waals surface area contributed by atoms with E-state index in [0.717, 1.165) is 6.71 Å². The van der Waals surface area contributed by atoms with Gasteiger partial charge in [-0.2, -0.15) is 0 Å². The monoisotopic (exact) mass is 372 g/mol. The van der Waals surface area contributed by atoms with Crippen molar-refractivity contribution >= 4 is 19.9 Å². The maximum Gasteiger partial charge on any atom is 0.171 e. The molecule has 0 saturated carbocycles. The van der Waals surface area contributed by atoms with Crippen LogP contribution in [0.2, 0.25) is 12.6 Å². The predicted octanol–water partition coefficient (Wildman–Crippen LogP) is 8.74. The van der Waals surface area contributed by atoms with Crippen LogP contribution in [0.1, 0.15) is 85.1 Å². The van der Waals surface area contributed by atoms with E-state index < -0.39 is 0 Å². The topological polar surface area (TPSA) is 0 Å². The lowest BCUT2D eigenvalue weighted by Crippen LogP contribution is -2.18. The molecule has 0 heterocycles. The van der Waals surface area contributed by atoms with E-state index in [-0.39, 0.29) is 7.92 Å². The van der Waals surface area contributed by atoms with Crippen LogP contribution in [0.4, 0.5) is 0 Å². The molecule has 0 fully saturated rings. The molecule has 1 aromatic carbocycles. The number of allylic oxidation sites excluding steroid dienone is 1. The fraction of sp³-hybridized carbons (Fsp3) is 0.667. The van der Waals surface area contributed by atoms with Crippen molar-refractivity contribution in [2.24, 2.45) is 0 Å². The van der Waals surface area contributed by atoms with Gasteiger partial charge in [0.05, 0.1) is 0 Å². The lowest BCUT2D eigenvalue weighted by atomic mass is 9.38. The molecule has 0 radical (unpaired) electrons. The van der Waals surface area contributed by atoms with Crippen molar-refractivity contribution in [2.45, 2.75) is 92.2 Å². The van der Waals surface area contributed by atoms with Crippen LogP contribution in [0.5, 0.6) is 0 Å². The van der Waals surface area contributed by atoms with Gasteiger partial charge in [0.1, 0.15) is 0 Å². The molecule has 0 aliphatic heterocycles. The quantitative estimate of drug-likeness (QED) is 0.226. The molecular formula is C24H42BP. The van der Waals surface area contributed by atoms with E-state index in [1.807, 2.05) is 5.47 Å². The molecule has 0 aliphatic carbocycles. The Bertz CT molecular complexity index is 482. The first-order valence-electron chi connectivity index (χ1n) is 11.3. The molecule has 0 spiro atoms. The molecule has 146 valence electrons. The Morgan fingerprint density at radius 3 is 1.77 bits per heavy atom. The van der Waals surface area contributed by atoms with Gasteiger partial charge in [0.25, 0.3) is 0 Å². The Morgan fingerprint density at radius 1 is 0.769 bits per heavy atom. The molecule has 0 atom stereocenters. The summed E-state index contributed by atoms with van der Waals surface area (Å²) in [6.07, 6.45) is 14.8. The maximum atomic E-state index is 2.41. The third-order valence-electron chi connectivity index (χ3n) is 5.54. The van der Waals surface area contributed by atoms with Crippen molar-refractivity contribution in [3.05, 3.63) is 41.4 Å². The second-order valence-electron chi connectivity index (χ2n) is 7.50. The van der Waals surface area contributed by atoms with Crippen LogP contribution in [0, 0.1) is 0 Å². The summed E-state index contributed by atoms with van der Waals surface area (Å²) in [4.78, 5) is 0. The van der Waals surface area contributed by atoms with Gasteiger partial charge in [0.15, 0.2) is 6.71 Å². The Labute approximate surface area is 166 Å². The van der Waals surface area contributed by atoms with E-state index in [1.54, 1.807) is 5.31 Å². The SMILES string of the molecule is CCCCB(CCCC)C(CCCC)=C(c1ccccc1)P(CC)CC. The van der Waals surface area contributed by atoms with Gasteiger partial charge in [0, 0.05) is 0 Å². The predicted molar refractivity (Wildman–Crippen MR) is 126 cm³/mol. The van der Waals surface area contributed by atoms with Gasteiger partial charge in [0.2, 0.25) is 0 Å². The zero-order valence-corrected chi connectivity index (χ0v) is 19.1. The molecule has 0 unspecified atom stereocenters. The summed E-state index contributed by atoms with van der Waals surface area (Å²) in [5.41, 5.74) is 3.36. The van der Waals surface area contributed by atoms with Crippen LogP contribution in [0.25, 0.3) is 5.31 Å². The molecule has 0 saturated heterocycles. The van der Waals surface area contributed by atoms with Gasteiger partial charge in [-0.25, -0.2) is 0 Å². The highest BCUT2D eigenvalue weighted by molar-refractivity contribution is 7.68. The van der Waals surface area contributed by atoms with Crippen LogP contribution < -0.4 is 0 Å². The largest absolute Gasteiger partial charge is 0.171 e. The molecule has 0 amide bonds. The number of hydrogen-bond donors (Lipinski definition) is 0. The zero-order valence-electron chi connectivity index (χ0n) is 18.2. The van der Waals surface area contributed by atoms with Crippen molar-refractivity contribution < 1.29 is 0 Å². The van der Waals surface area contributed by atoms with Gasteiger partial charge >= 0.3 is 0 Å². The van der Waals surface area contributed by atoms with E-state index in [1.165, 1.54) is 75.5 Å². The van der Waals surface area contributed by atoms with Gasteiger partial charge in [-0.15, -0.1) is 0 Å². The molecule has 26 heavy (non-hydrogen) atoms. The third-order valence-corrected chi connectivity index (χ3v) is 8.24. The first-order chi connectivity index (χ1) is 12.7. The average Bonchev–Trinajstić information content (AvgIpc) is 2.69. The van der Waals surface area contributed by atoms with E-state index >= 15 is 0 Å². The summed E-state index contributed by atoms with van der Waals surface area (Å²) >= 11 is 0. The molecule has 2 heteroatoms. The van der Waals surface area contributed by atoms with Crippen LogP contribution >= 0.6 is 7.92 Å². The Hall–Kier alpha value is -0.545. The second-order valence-corrected chi connectivity index (χ2v) is 10.3. The lowest BCUT2D eigenvalue weighted by molar-refractivity contribution is 0.795. The molecule has 0 nitrogen and oxygen atoms in total. The summed E-state index contributed by atoms with van der Waals surface area (Å²) < 4.78 is 0. The van der Waals surface area contributed by atoms with E-state index in [4.69, 9.17) is 0 Å². The third kappa shape index (κ3) is 7.60. The smallest absolute Gasteiger partial charge is 0.0930 e. The summed E-state index contributed by atoms with van der Waals surface area (Å²) in [7, 11) is -0.0347. The van der Waals surface area contributed by atoms with Gasteiger partial charge in [-0.3, -0.25) is 0 Å². The minimum absolute atomic E-state index is 0.0347. The molecule has 0 aromatic heterocycles. The number of rotatable bonds is 14. The minimum Gasteiger partial charge on any atom is -0.0930 e. The summed E-state index contributed by atoms with van der Waals surface area (Å²) in [6, 6.07) is 11.4. The summed E-state index contributed by atoms with van der Waals surface area (Å²) in [5, 5.41) is 1.77. The van der Waals surface area contributed by atoms with E-state index in [9.17, 15) is 0 Å². The molecule has 0 N–H and O–H groups in total. The zero-order chi connectivity index (χ0) is 19.2. The summed E-state index contributed by atoms with van der Waals surface area (Å²) in [5.74, 6) is 0. The van der Waals surface area contributed by atoms with Gasteiger partial charge < -0.3 is 0 Å². The Balaban J connectivity index is 3.43. The highest BCUT2D eigenvalue weighted by atomic mass is 31.1. The number of benzene rings is 1. The second kappa shape index (κ2) is 14.5. The normalized spacial score (nSPS) is 12.4. The lowest BCUT2D eigenvalue weighted by Gasteiger charge is -2.28. The van der Waals surface area contributed by atoms with Crippen molar-refractivity contribution in [1.29, 1.82) is 0 Å². The van der Waals surface area contributed by atoms with Crippen molar-refractivity contribution in [1.82, 2.24) is 0 Å². The molecular weight excluding hydrogens is 330 g/mol. The standard InChI is InChI=1S/C24H42BP/c1-6-11-19-23(25(20-12-7-2)21-13-8-3)24(26(9-4)10-5)22-17-15-14-16-18-22/h14-18H,6-13,19-21H2,1-5H3. The first kappa shape index (κ1) is 23.5. The Kier molecular flexibility index (Phi) is 13.1. The fourth-order valence-electron chi connectivity index (χ4n) is 3.98. The molecule has 1 rings (SSSR count). The van der Waals surface area contributed by atoms with Gasteiger partial charge in [-0.1, -0.05) is 130 Å². The van der Waals surface area contributed by atoms with E-state index in [0.29, 0.717) is 0 Å².